The van der Waals surface area contributed by atoms with Crippen LogP contribution >= 0.6 is 0 Å². The molecule has 2 aliphatic rings. The second-order valence-corrected chi connectivity index (χ2v) is 4.45. The molecule has 2 fully saturated rings. The molecule has 0 bridgehead atoms. The highest BCUT2D eigenvalue weighted by Gasteiger charge is 2.44. The maximum atomic E-state index is 10.3. The average molecular weight is 200 g/mol. The second kappa shape index (κ2) is 4.17. The zero-order chi connectivity index (χ0) is 10.0. The summed E-state index contributed by atoms with van der Waals surface area (Å²) in [6.07, 6.45) is 6.48. The van der Waals surface area contributed by atoms with Gasteiger partial charge in [0.05, 0.1) is 6.10 Å². The minimum Gasteiger partial charge on any atom is -0.378 e. The van der Waals surface area contributed by atoms with Crippen molar-refractivity contribution in [2.45, 2.75) is 50.4 Å². The Morgan fingerprint density at radius 1 is 1.29 bits per heavy atom. The molecule has 3 nitrogen and oxygen atoms in total. The molecule has 1 aliphatic heterocycles. The van der Waals surface area contributed by atoms with Gasteiger partial charge >= 0.3 is 0 Å². The van der Waals surface area contributed by atoms with Crippen LogP contribution in [0.25, 0.3) is 0 Å². The van der Waals surface area contributed by atoms with E-state index in [0.29, 0.717) is 0 Å². The minimum absolute atomic E-state index is 0.184. The normalized spacial score (nSPS) is 44.1. The molecule has 3 atom stereocenters. The highest BCUT2D eigenvalue weighted by atomic mass is 16.6. The van der Waals surface area contributed by atoms with Crippen LogP contribution in [0.15, 0.2) is 0 Å². The van der Waals surface area contributed by atoms with Crippen molar-refractivity contribution < 1.29 is 14.6 Å². The van der Waals surface area contributed by atoms with Gasteiger partial charge in [-0.2, -0.15) is 0 Å². The summed E-state index contributed by atoms with van der Waals surface area (Å²) in [5.74, 6) is -0.739. The summed E-state index contributed by atoms with van der Waals surface area (Å²) < 4.78 is 10.9. The molecule has 1 saturated heterocycles. The lowest BCUT2D eigenvalue weighted by molar-refractivity contribution is -0.255. The van der Waals surface area contributed by atoms with Crippen LogP contribution in [0, 0.1) is 5.92 Å². The van der Waals surface area contributed by atoms with Gasteiger partial charge in [0.25, 0.3) is 0 Å². The largest absolute Gasteiger partial charge is 0.378 e. The molecule has 1 N–H and O–H groups in total. The van der Waals surface area contributed by atoms with Gasteiger partial charge in [-0.1, -0.05) is 6.42 Å². The van der Waals surface area contributed by atoms with Gasteiger partial charge in [-0.05, 0) is 25.7 Å². The molecule has 1 aliphatic carbocycles. The molecule has 1 heterocycles. The molecule has 0 spiro atoms. The fourth-order valence-electron chi connectivity index (χ4n) is 2.80. The SMILES string of the molecule is COC1(O)CCCCC1C1CCCO1. The number of hydrogen-bond acceptors (Lipinski definition) is 3. The van der Waals surface area contributed by atoms with E-state index in [-0.39, 0.29) is 12.0 Å². The van der Waals surface area contributed by atoms with Gasteiger partial charge in [-0.25, -0.2) is 0 Å². The summed E-state index contributed by atoms with van der Waals surface area (Å²) in [6, 6.07) is 0. The Bertz CT molecular complexity index is 189. The molecule has 14 heavy (non-hydrogen) atoms. The summed E-state index contributed by atoms with van der Waals surface area (Å²) in [6.45, 7) is 0.848. The van der Waals surface area contributed by atoms with E-state index in [1.54, 1.807) is 7.11 Å². The maximum Gasteiger partial charge on any atom is 0.170 e. The predicted octanol–water partition coefficient (Wildman–Crippen LogP) is 1.69. The van der Waals surface area contributed by atoms with Crippen LogP contribution in [0.5, 0.6) is 0 Å². The third kappa shape index (κ3) is 1.81. The van der Waals surface area contributed by atoms with E-state index in [9.17, 15) is 5.11 Å². The van der Waals surface area contributed by atoms with E-state index in [1.165, 1.54) is 6.42 Å². The number of ether oxygens (including phenoxy) is 2. The van der Waals surface area contributed by atoms with E-state index in [1.807, 2.05) is 0 Å². The lowest BCUT2D eigenvalue weighted by Crippen LogP contribution is -2.47. The Morgan fingerprint density at radius 3 is 2.79 bits per heavy atom. The Labute approximate surface area is 85.4 Å². The van der Waals surface area contributed by atoms with Gasteiger partial charge in [0.15, 0.2) is 5.79 Å². The van der Waals surface area contributed by atoms with Crippen LogP contribution in [0.3, 0.4) is 0 Å². The number of aliphatic hydroxyl groups is 1. The molecule has 0 aromatic heterocycles. The standard InChI is InChI=1S/C11H20O3/c1-13-11(12)7-3-2-5-9(11)10-6-4-8-14-10/h9-10,12H,2-8H2,1H3. The highest BCUT2D eigenvalue weighted by molar-refractivity contribution is 4.89. The van der Waals surface area contributed by atoms with Crippen molar-refractivity contribution in [1.29, 1.82) is 0 Å². The summed E-state index contributed by atoms with van der Waals surface area (Å²) in [5, 5.41) is 10.3. The van der Waals surface area contributed by atoms with Gasteiger partial charge in [0.2, 0.25) is 0 Å². The van der Waals surface area contributed by atoms with Gasteiger partial charge < -0.3 is 14.6 Å². The number of methoxy groups -OCH3 is 1. The van der Waals surface area contributed by atoms with Crippen molar-refractivity contribution in [2.24, 2.45) is 5.92 Å². The average Bonchev–Trinajstić information content (AvgIpc) is 2.71. The Morgan fingerprint density at radius 2 is 2.14 bits per heavy atom. The molecule has 2 rings (SSSR count). The first kappa shape index (κ1) is 10.4. The third-order valence-corrected chi connectivity index (χ3v) is 3.65. The van der Waals surface area contributed by atoms with Crippen LogP contribution in [-0.4, -0.2) is 30.7 Å². The summed E-state index contributed by atoms with van der Waals surface area (Å²) >= 11 is 0. The Balaban J connectivity index is 2.05. The van der Waals surface area contributed by atoms with E-state index < -0.39 is 5.79 Å². The van der Waals surface area contributed by atoms with Crippen LogP contribution in [0.2, 0.25) is 0 Å². The van der Waals surface area contributed by atoms with Crippen molar-refractivity contribution >= 4 is 0 Å². The fourth-order valence-corrected chi connectivity index (χ4v) is 2.80. The highest BCUT2D eigenvalue weighted by Crippen LogP contribution is 2.40. The van der Waals surface area contributed by atoms with Crippen molar-refractivity contribution in [3.8, 4) is 0 Å². The monoisotopic (exact) mass is 200 g/mol. The molecule has 0 aromatic rings. The Hall–Kier alpha value is -0.120. The van der Waals surface area contributed by atoms with Gasteiger partial charge in [0.1, 0.15) is 0 Å². The molecular weight excluding hydrogens is 180 g/mol. The Kier molecular flexibility index (Phi) is 3.10. The van der Waals surface area contributed by atoms with Gasteiger partial charge in [-0.3, -0.25) is 0 Å². The van der Waals surface area contributed by atoms with Crippen molar-refractivity contribution in [2.75, 3.05) is 13.7 Å². The molecule has 0 radical (unpaired) electrons. The van der Waals surface area contributed by atoms with Crippen LogP contribution in [0.4, 0.5) is 0 Å². The van der Waals surface area contributed by atoms with Gasteiger partial charge in [-0.15, -0.1) is 0 Å². The smallest absolute Gasteiger partial charge is 0.170 e. The molecule has 1 saturated carbocycles. The topological polar surface area (TPSA) is 38.7 Å². The van der Waals surface area contributed by atoms with E-state index in [2.05, 4.69) is 0 Å². The summed E-state index contributed by atoms with van der Waals surface area (Å²) in [7, 11) is 1.60. The lowest BCUT2D eigenvalue weighted by atomic mass is 9.79. The first-order chi connectivity index (χ1) is 6.76. The zero-order valence-corrected chi connectivity index (χ0v) is 8.87. The summed E-state index contributed by atoms with van der Waals surface area (Å²) in [4.78, 5) is 0. The van der Waals surface area contributed by atoms with E-state index >= 15 is 0 Å². The fraction of sp³-hybridized carbons (Fsp3) is 1.00. The van der Waals surface area contributed by atoms with E-state index in [4.69, 9.17) is 9.47 Å². The second-order valence-electron chi connectivity index (χ2n) is 4.45. The predicted molar refractivity (Wildman–Crippen MR) is 52.9 cm³/mol. The van der Waals surface area contributed by atoms with Crippen LogP contribution in [-0.2, 0) is 9.47 Å². The molecule has 3 heteroatoms. The zero-order valence-electron chi connectivity index (χ0n) is 8.87. The van der Waals surface area contributed by atoms with Crippen molar-refractivity contribution in [1.82, 2.24) is 0 Å². The van der Waals surface area contributed by atoms with Crippen molar-refractivity contribution in [3.05, 3.63) is 0 Å². The van der Waals surface area contributed by atoms with E-state index in [0.717, 1.165) is 38.7 Å². The molecular formula is C11H20O3. The third-order valence-electron chi connectivity index (χ3n) is 3.65. The van der Waals surface area contributed by atoms with Crippen LogP contribution < -0.4 is 0 Å². The van der Waals surface area contributed by atoms with Gasteiger partial charge in [0, 0.05) is 26.1 Å². The lowest BCUT2D eigenvalue weighted by Gasteiger charge is -2.41. The number of hydrogen-bond donors (Lipinski definition) is 1. The molecule has 3 unspecified atom stereocenters. The van der Waals surface area contributed by atoms with Crippen molar-refractivity contribution in [3.63, 3.8) is 0 Å². The minimum atomic E-state index is -0.923. The maximum absolute atomic E-state index is 10.3. The molecule has 0 amide bonds. The molecule has 82 valence electrons. The number of rotatable bonds is 2. The first-order valence-corrected chi connectivity index (χ1v) is 5.65. The first-order valence-electron chi connectivity index (χ1n) is 5.65. The summed E-state index contributed by atoms with van der Waals surface area (Å²) in [5.41, 5.74) is 0. The van der Waals surface area contributed by atoms with Crippen LogP contribution in [0.1, 0.15) is 38.5 Å². The molecule has 0 aromatic carbocycles. The quantitative estimate of drug-likeness (QED) is 0.689.